The highest BCUT2D eigenvalue weighted by Gasteiger charge is 2.14. The van der Waals surface area contributed by atoms with Gasteiger partial charge in [-0.1, -0.05) is 19.1 Å². The van der Waals surface area contributed by atoms with Crippen molar-refractivity contribution >= 4 is 0 Å². The van der Waals surface area contributed by atoms with Crippen LogP contribution >= 0.6 is 0 Å². The number of ether oxygens (including phenoxy) is 2. The first-order valence-electron chi connectivity index (χ1n) is 7.96. The van der Waals surface area contributed by atoms with Gasteiger partial charge < -0.3 is 19.9 Å². The molecule has 2 rings (SSSR count). The first kappa shape index (κ1) is 16.3. The van der Waals surface area contributed by atoms with E-state index < -0.39 is 6.10 Å². The second kappa shape index (κ2) is 9.03. The summed E-state index contributed by atoms with van der Waals surface area (Å²) in [6, 6.07) is 8.04. The van der Waals surface area contributed by atoms with E-state index in [1.807, 2.05) is 12.1 Å². The normalized spacial score (nSPS) is 17.6. The zero-order valence-electron chi connectivity index (χ0n) is 12.9. The molecule has 1 unspecified atom stereocenters. The van der Waals surface area contributed by atoms with Crippen molar-refractivity contribution in [1.82, 2.24) is 5.32 Å². The van der Waals surface area contributed by atoms with Crippen molar-refractivity contribution in [1.29, 1.82) is 0 Å². The van der Waals surface area contributed by atoms with Gasteiger partial charge in [-0.3, -0.25) is 0 Å². The number of rotatable bonds is 8. The highest BCUT2D eigenvalue weighted by Crippen LogP contribution is 2.14. The maximum Gasteiger partial charge on any atom is 0.119 e. The van der Waals surface area contributed by atoms with E-state index in [-0.39, 0.29) is 0 Å². The van der Waals surface area contributed by atoms with Crippen molar-refractivity contribution in [2.24, 2.45) is 5.92 Å². The molecular weight excluding hydrogens is 266 g/mol. The fourth-order valence-electron chi connectivity index (χ4n) is 2.48. The van der Waals surface area contributed by atoms with Gasteiger partial charge in [-0.05, 0) is 49.4 Å². The molecule has 118 valence electrons. The molecule has 1 aliphatic rings. The minimum Gasteiger partial charge on any atom is -0.491 e. The number of benzene rings is 1. The first-order chi connectivity index (χ1) is 10.3. The van der Waals surface area contributed by atoms with E-state index in [2.05, 4.69) is 24.4 Å². The molecule has 0 bridgehead atoms. The summed E-state index contributed by atoms with van der Waals surface area (Å²) in [5.74, 6) is 1.49. The van der Waals surface area contributed by atoms with Crippen molar-refractivity contribution in [2.75, 3.05) is 32.9 Å². The predicted octanol–water partition coefficient (Wildman–Crippen LogP) is 2.00. The van der Waals surface area contributed by atoms with E-state index in [1.165, 1.54) is 5.56 Å². The molecule has 0 radical (unpaired) electrons. The monoisotopic (exact) mass is 293 g/mol. The quantitative estimate of drug-likeness (QED) is 0.770. The summed E-state index contributed by atoms with van der Waals surface area (Å²) in [5, 5.41) is 13.3. The maximum absolute atomic E-state index is 9.93. The summed E-state index contributed by atoms with van der Waals surface area (Å²) in [5.41, 5.74) is 1.29. The number of hydrogen-bond donors (Lipinski definition) is 2. The number of nitrogens with one attached hydrogen (secondary N) is 1. The lowest BCUT2D eigenvalue weighted by Gasteiger charge is -2.23. The van der Waals surface area contributed by atoms with Crippen molar-refractivity contribution in [3.63, 3.8) is 0 Å². The number of hydrogen-bond acceptors (Lipinski definition) is 4. The number of aliphatic hydroxyl groups excluding tert-OH is 1. The zero-order chi connectivity index (χ0) is 14.9. The van der Waals surface area contributed by atoms with Gasteiger partial charge in [0.25, 0.3) is 0 Å². The van der Waals surface area contributed by atoms with Crippen LogP contribution in [0.2, 0.25) is 0 Å². The molecule has 1 atom stereocenters. The summed E-state index contributed by atoms with van der Waals surface area (Å²) < 4.78 is 10.9. The van der Waals surface area contributed by atoms with Gasteiger partial charge in [-0.15, -0.1) is 0 Å². The molecule has 0 aromatic heterocycles. The Balaban J connectivity index is 1.59. The van der Waals surface area contributed by atoms with E-state index in [1.54, 1.807) is 0 Å². The van der Waals surface area contributed by atoms with Crippen molar-refractivity contribution < 1.29 is 14.6 Å². The molecule has 0 spiro atoms. The molecule has 0 aliphatic carbocycles. The maximum atomic E-state index is 9.93. The lowest BCUT2D eigenvalue weighted by Crippen LogP contribution is -2.35. The van der Waals surface area contributed by atoms with Gasteiger partial charge in [-0.25, -0.2) is 0 Å². The lowest BCUT2D eigenvalue weighted by molar-refractivity contribution is 0.0630. The van der Waals surface area contributed by atoms with Crippen LogP contribution in [0.15, 0.2) is 24.3 Å². The fourth-order valence-corrected chi connectivity index (χ4v) is 2.48. The fraction of sp³-hybridized carbons (Fsp3) is 0.647. The van der Waals surface area contributed by atoms with Gasteiger partial charge in [0.15, 0.2) is 0 Å². The summed E-state index contributed by atoms with van der Waals surface area (Å²) in [7, 11) is 0. The molecule has 1 aliphatic heterocycles. The van der Waals surface area contributed by atoms with Crippen LogP contribution in [0.3, 0.4) is 0 Å². The van der Waals surface area contributed by atoms with Crippen LogP contribution in [0.25, 0.3) is 0 Å². The summed E-state index contributed by atoms with van der Waals surface area (Å²) in [4.78, 5) is 0. The van der Waals surface area contributed by atoms with Crippen molar-refractivity contribution in [2.45, 2.75) is 32.3 Å². The van der Waals surface area contributed by atoms with Crippen molar-refractivity contribution in [3.05, 3.63) is 29.8 Å². The molecule has 1 fully saturated rings. The minimum atomic E-state index is -0.476. The Kier molecular flexibility index (Phi) is 7.00. The smallest absolute Gasteiger partial charge is 0.119 e. The van der Waals surface area contributed by atoms with Crippen LogP contribution in [0, 0.1) is 5.92 Å². The first-order valence-corrected chi connectivity index (χ1v) is 7.96. The van der Waals surface area contributed by atoms with Gasteiger partial charge >= 0.3 is 0 Å². The Hall–Kier alpha value is -1.10. The largest absolute Gasteiger partial charge is 0.491 e. The average Bonchev–Trinajstić information content (AvgIpc) is 2.54. The third kappa shape index (κ3) is 6.04. The third-order valence-electron chi connectivity index (χ3n) is 3.93. The van der Waals surface area contributed by atoms with E-state index >= 15 is 0 Å². The molecule has 0 amide bonds. The highest BCUT2D eigenvalue weighted by molar-refractivity contribution is 5.27. The molecule has 1 aromatic carbocycles. The van der Waals surface area contributed by atoms with Crippen LogP contribution < -0.4 is 10.1 Å². The second-order valence-corrected chi connectivity index (χ2v) is 5.68. The van der Waals surface area contributed by atoms with E-state index in [4.69, 9.17) is 9.47 Å². The van der Waals surface area contributed by atoms with Crippen LogP contribution in [-0.2, 0) is 11.2 Å². The Labute approximate surface area is 127 Å². The molecule has 4 heteroatoms. The standard InChI is InChI=1S/C17H27NO3/c1-2-14-3-5-17(6-4-14)21-13-16(19)12-18-11-15-7-9-20-10-8-15/h3-6,15-16,18-19H,2,7-13H2,1H3. The molecular formula is C17H27NO3. The second-order valence-electron chi connectivity index (χ2n) is 5.68. The number of aryl methyl sites for hydroxylation is 1. The summed E-state index contributed by atoms with van der Waals surface area (Å²) in [6.07, 6.45) is 2.78. The van der Waals surface area contributed by atoms with Gasteiger partial charge in [0.1, 0.15) is 18.5 Å². The van der Waals surface area contributed by atoms with Crippen LogP contribution in [0.5, 0.6) is 5.75 Å². The van der Waals surface area contributed by atoms with Gasteiger partial charge in [-0.2, -0.15) is 0 Å². The van der Waals surface area contributed by atoms with Crippen LogP contribution in [-0.4, -0.2) is 44.1 Å². The molecule has 2 N–H and O–H groups in total. The predicted molar refractivity (Wildman–Crippen MR) is 83.7 cm³/mol. The Morgan fingerprint density at radius 3 is 2.67 bits per heavy atom. The molecule has 1 saturated heterocycles. The van der Waals surface area contributed by atoms with Gasteiger partial charge in [0.2, 0.25) is 0 Å². The molecule has 4 nitrogen and oxygen atoms in total. The lowest BCUT2D eigenvalue weighted by atomic mass is 10.0. The van der Waals surface area contributed by atoms with Gasteiger partial charge in [0.05, 0.1) is 0 Å². The minimum absolute atomic E-state index is 0.326. The Morgan fingerprint density at radius 1 is 1.29 bits per heavy atom. The Morgan fingerprint density at radius 2 is 2.00 bits per heavy atom. The molecule has 1 aromatic rings. The third-order valence-corrected chi connectivity index (χ3v) is 3.93. The molecule has 21 heavy (non-hydrogen) atoms. The van der Waals surface area contributed by atoms with Crippen molar-refractivity contribution in [3.8, 4) is 5.75 Å². The molecule has 0 saturated carbocycles. The summed E-state index contributed by atoms with van der Waals surface area (Å²) >= 11 is 0. The van der Waals surface area contributed by atoms with E-state index in [9.17, 15) is 5.11 Å². The topological polar surface area (TPSA) is 50.7 Å². The summed E-state index contributed by atoms with van der Waals surface area (Å²) in [6.45, 7) is 5.71. The van der Waals surface area contributed by atoms with Crippen LogP contribution in [0.1, 0.15) is 25.3 Å². The SMILES string of the molecule is CCc1ccc(OCC(O)CNCC2CCOCC2)cc1. The highest BCUT2D eigenvalue weighted by atomic mass is 16.5. The average molecular weight is 293 g/mol. The van der Waals surface area contributed by atoms with E-state index in [0.29, 0.717) is 19.1 Å². The molecule has 1 heterocycles. The zero-order valence-corrected chi connectivity index (χ0v) is 12.9. The van der Waals surface area contributed by atoms with Gasteiger partial charge in [0, 0.05) is 19.8 Å². The Bertz CT molecular complexity index is 388. The van der Waals surface area contributed by atoms with Crippen LogP contribution in [0.4, 0.5) is 0 Å². The number of aliphatic hydroxyl groups is 1. The van der Waals surface area contributed by atoms with E-state index in [0.717, 1.165) is 44.8 Å².